The molecule has 2 unspecified atom stereocenters. The van der Waals surface area contributed by atoms with Crippen molar-refractivity contribution < 1.29 is 19.7 Å². The SMILES string of the molecule is CC1CN(c2ccc([N+](=O)[O-])cc2[N+](=O)[O-])CC(CO)O1. The van der Waals surface area contributed by atoms with Crippen LogP contribution in [0, 0.1) is 20.2 Å². The van der Waals surface area contributed by atoms with Crippen LogP contribution in [0.4, 0.5) is 17.1 Å². The fourth-order valence-corrected chi connectivity index (χ4v) is 2.38. The number of hydrogen-bond donors (Lipinski definition) is 1. The zero-order chi connectivity index (χ0) is 15.6. The van der Waals surface area contributed by atoms with Gasteiger partial charge < -0.3 is 14.7 Å². The molecule has 1 fully saturated rings. The highest BCUT2D eigenvalue weighted by molar-refractivity contribution is 5.67. The Bertz CT molecular complexity index is 564. The Kier molecular flexibility index (Phi) is 4.34. The molecule has 2 rings (SSSR count). The number of nitrogens with zero attached hydrogens (tertiary/aromatic N) is 3. The summed E-state index contributed by atoms with van der Waals surface area (Å²) in [5.41, 5.74) is -0.361. The fourth-order valence-electron chi connectivity index (χ4n) is 2.38. The van der Waals surface area contributed by atoms with Crippen molar-refractivity contribution in [1.29, 1.82) is 0 Å². The smallest absolute Gasteiger partial charge is 0.299 e. The van der Waals surface area contributed by atoms with Crippen molar-refractivity contribution in [2.24, 2.45) is 0 Å². The molecule has 9 nitrogen and oxygen atoms in total. The lowest BCUT2D eigenvalue weighted by molar-refractivity contribution is -0.393. The van der Waals surface area contributed by atoms with Gasteiger partial charge in [-0.25, -0.2) is 0 Å². The molecule has 1 aliphatic heterocycles. The van der Waals surface area contributed by atoms with Gasteiger partial charge in [0.1, 0.15) is 5.69 Å². The second kappa shape index (κ2) is 6.02. The van der Waals surface area contributed by atoms with E-state index in [0.717, 1.165) is 6.07 Å². The average Bonchev–Trinajstić information content (AvgIpc) is 2.45. The summed E-state index contributed by atoms with van der Waals surface area (Å²) in [6.45, 7) is 2.31. The van der Waals surface area contributed by atoms with Crippen molar-refractivity contribution in [1.82, 2.24) is 0 Å². The molecule has 1 aliphatic rings. The van der Waals surface area contributed by atoms with E-state index < -0.39 is 16.0 Å². The predicted molar refractivity (Wildman–Crippen MR) is 73.4 cm³/mol. The number of aliphatic hydroxyl groups is 1. The van der Waals surface area contributed by atoms with Crippen LogP contribution in [0.3, 0.4) is 0 Å². The summed E-state index contributed by atoms with van der Waals surface area (Å²) >= 11 is 0. The molecular weight excluding hydrogens is 282 g/mol. The van der Waals surface area contributed by atoms with Crippen LogP contribution in [0.2, 0.25) is 0 Å². The second-order valence-corrected chi connectivity index (χ2v) is 4.84. The maximum Gasteiger partial charge on any atom is 0.299 e. The van der Waals surface area contributed by atoms with Crippen LogP contribution in [0.25, 0.3) is 0 Å². The minimum absolute atomic E-state index is 0.193. The van der Waals surface area contributed by atoms with Gasteiger partial charge in [-0.3, -0.25) is 20.2 Å². The molecule has 0 radical (unpaired) electrons. The highest BCUT2D eigenvalue weighted by atomic mass is 16.6. The molecule has 1 N–H and O–H groups in total. The first kappa shape index (κ1) is 15.1. The third kappa shape index (κ3) is 3.26. The van der Waals surface area contributed by atoms with Crippen LogP contribution in [-0.2, 0) is 4.74 Å². The minimum atomic E-state index is -0.671. The van der Waals surface area contributed by atoms with E-state index in [4.69, 9.17) is 4.74 Å². The van der Waals surface area contributed by atoms with Crippen molar-refractivity contribution in [3.63, 3.8) is 0 Å². The maximum atomic E-state index is 11.1. The van der Waals surface area contributed by atoms with E-state index in [2.05, 4.69) is 0 Å². The van der Waals surface area contributed by atoms with E-state index in [-0.39, 0.29) is 24.1 Å². The van der Waals surface area contributed by atoms with E-state index in [1.54, 1.807) is 11.8 Å². The highest BCUT2D eigenvalue weighted by Gasteiger charge is 2.30. The summed E-state index contributed by atoms with van der Waals surface area (Å²) in [6.07, 6.45) is -0.644. The van der Waals surface area contributed by atoms with E-state index in [9.17, 15) is 25.3 Å². The Morgan fingerprint density at radius 1 is 1.33 bits per heavy atom. The number of anilines is 1. The molecule has 1 saturated heterocycles. The molecule has 0 aromatic heterocycles. The van der Waals surface area contributed by atoms with Crippen LogP contribution in [0.15, 0.2) is 18.2 Å². The van der Waals surface area contributed by atoms with Crippen LogP contribution < -0.4 is 4.90 Å². The number of nitro benzene ring substituents is 2. The van der Waals surface area contributed by atoms with Gasteiger partial charge in [0.25, 0.3) is 11.4 Å². The van der Waals surface area contributed by atoms with Gasteiger partial charge in [-0.15, -0.1) is 0 Å². The minimum Gasteiger partial charge on any atom is -0.394 e. The number of benzene rings is 1. The number of rotatable bonds is 4. The zero-order valence-corrected chi connectivity index (χ0v) is 11.3. The van der Waals surface area contributed by atoms with E-state index in [1.165, 1.54) is 12.1 Å². The lowest BCUT2D eigenvalue weighted by Crippen LogP contribution is -2.48. The number of non-ortho nitro benzene ring substituents is 1. The Morgan fingerprint density at radius 2 is 2.05 bits per heavy atom. The van der Waals surface area contributed by atoms with Gasteiger partial charge in [0, 0.05) is 19.2 Å². The molecule has 0 saturated carbocycles. The van der Waals surface area contributed by atoms with Gasteiger partial charge >= 0.3 is 0 Å². The van der Waals surface area contributed by atoms with Crippen LogP contribution >= 0.6 is 0 Å². The molecule has 1 aromatic carbocycles. The topological polar surface area (TPSA) is 119 Å². The quantitative estimate of drug-likeness (QED) is 0.652. The third-order valence-corrected chi connectivity index (χ3v) is 3.24. The van der Waals surface area contributed by atoms with E-state index in [1.807, 2.05) is 0 Å². The van der Waals surface area contributed by atoms with Gasteiger partial charge in [0.05, 0.1) is 34.7 Å². The Morgan fingerprint density at radius 3 is 2.62 bits per heavy atom. The first-order valence-corrected chi connectivity index (χ1v) is 6.36. The van der Waals surface area contributed by atoms with Crippen molar-refractivity contribution in [3.8, 4) is 0 Å². The molecule has 0 aliphatic carbocycles. The molecule has 1 aromatic rings. The molecule has 9 heteroatoms. The van der Waals surface area contributed by atoms with Gasteiger partial charge in [-0.2, -0.15) is 0 Å². The molecule has 2 atom stereocenters. The molecule has 1 heterocycles. The lowest BCUT2D eigenvalue weighted by atomic mass is 10.1. The standard InChI is InChI=1S/C12H15N3O6/c1-8-5-13(6-10(7-16)21-8)11-3-2-9(14(17)18)4-12(11)15(19)20/h2-4,8,10,16H,5-7H2,1H3. The largest absolute Gasteiger partial charge is 0.394 e. The summed E-state index contributed by atoms with van der Waals surface area (Å²) < 4.78 is 5.48. The van der Waals surface area contributed by atoms with Gasteiger partial charge in [-0.05, 0) is 13.0 Å². The lowest BCUT2D eigenvalue weighted by Gasteiger charge is -2.37. The summed E-state index contributed by atoms with van der Waals surface area (Å²) in [5.74, 6) is 0. The first-order chi connectivity index (χ1) is 9.92. The molecule has 0 spiro atoms. The predicted octanol–water partition coefficient (Wildman–Crippen LogP) is 1.09. The monoisotopic (exact) mass is 297 g/mol. The molecule has 114 valence electrons. The maximum absolute atomic E-state index is 11.1. The zero-order valence-electron chi connectivity index (χ0n) is 11.3. The van der Waals surface area contributed by atoms with Crippen LogP contribution in [0.5, 0.6) is 0 Å². The van der Waals surface area contributed by atoms with E-state index in [0.29, 0.717) is 18.8 Å². The third-order valence-electron chi connectivity index (χ3n) is 3.24. The average molecular weight is 297 g/mol. The number of ether oxygens (including phenoxy) is 1. The van der Waals surface area contributed by atoms with E-state index >= 15 is 0 Å². The Hall–Kier alpha value is -2.26. The van der Waals surface area contributed by atoms with Crippen LogP contribution in [-0.4, -0.2) is 46.9 Å². The van der Waals surface area contributed by atoms with Crippen molar-refractivity contribution in [2.75, 3.05) is 24.6 Å². The van der Waals surface area contributed by atoms with Crippen molar-refractivity contribution >= 4 is 17.1 Å². The van der Waals surface area contributed by atoms with Gasteiger partial charge in [0.15, 0.2) is 0 Å². The first-order valence-electron chi connectivity index (χ1n) is 6.36. The summed E-state index contributed by atoms with van der Waals surface area (Å²) in [6, 6.07) is 3.54. The second-order valence-electron chi connectivity index (χ2n) is 4.84. The fraction of sp³-hybridized carbons (Fsp3) is 0.500. The summed E-state index contributed by atoms with van der Waals surface area (Å²) in [4.78, 5) is 22.3. The number of aliphatic hydroxyl groups excluding tert-OH is 1. The van der Waals surface area contributed by atoms with Crippen molar-refractivity contribution in [3.05, 3.63) is 38.4 Å². The Balaban J connectivity index is 2.38. The molecule has 0 amide bonds. The Labute approximate surface area is 120 Å². The summed E-state index contributed by atoms with van der Waals surface area (Å²) in [7, 11) is 0. The molecule has 0 bridgehead atoms. The number of hydrogen-bond acceptors (Lipinski definition) is 7. The van der Waals surface area contributed by atoms with Crippen molar-refractivity contribution in [2.45, 2.75) is 19.1 Å². The highest BCUT2D eigenvalue weighted by Crippen LogP contribution is 2.33. The molecule has 21 heavy (non-hydrogen) atoms. The van der Waals surface area contributed by atoms with Crippen LogP contribution in [0.1, 0.15) is 6.92 Å². The number of nitro groups is 2. The summed E-state index contributed by atoms with van der Waals surface area (Å²) in [5, 5.41) is 31.1. The number of morpholine rings is 1. The molecular formula is C12H15N3O6. The normalized spacial score (nSPS) is 22.1. The van der Waals surface area contributed by atoms with Gasteiger partial charge in [-0.1, -0.05) is 0 Å². The van der Waals surface area contributed by atoms with Gasteiger partial charge in [0.2, 0.25) is 0 Å².